The highest BCUT2D eigenvalue weighted by Crippen LogP contribution is 2.20. The third kappa shape index (κ3) is 2.82. The fraction of sp³-hybridized carbons (Fsp3) is 1.00. The first-order chi connectivity index (χ1) is 4.79. The van der Waals surface area contributed by atoms with Crippen molar-refractivity contribution < 1.29 is 0 Å². The second kappa shape index (κ2) is 4.12. The molecule has 1 rings (SSSR count). The van der Waals surface area contributed by atoms with Crippen molar-refractivity contribution in [2.75, 3.05) is 12.5 Å². The van der Waals surface area contributed by atoms with E-state index < -0.39 is 0 Å². The Hall–Kier alpha value is 0.150. The highest BCUT2D eigenvalue weighted by Gasteiger charge is 2.10. The Labute approximate surface area is 66.3 Å². The summed E-state index contributed by atoms with van der Waals surface area (Å²) in [5.41, 5.74) is 0. The summed E-state index contributed by atoms with van der Waals surface area (Å²) >= 11 is 0. The van der Waals surface area contributed by atoms with Gasteiger partial charge in [0.05, 0.1) is 6.04 Å². The van der Waals surface area contributed by atoms with Gasteiger partial charge in [0, 0.05) is 0 Å². The predicted octanol–water partition coefficient (Wildman–Crippen LogP) is 2.38. The van der Waals surface area contributed by atoms with Crippen LogP contribution in [0.1, 0.15) is 32.1 Å². The van der Waals surface area contributed by atoms with Crippen molar-refractivity contribution >= 4 is 10.7 Å². The molecule has 0 radical (unpaired) electrons. The van der Waals surface area contributed by atoms with Gasteiger partial charge in [-0.05, 0) is 25.4 Å². The van der Waals surface area contributed by atoms with Gasteiger partial charge in [-0.3, -0.25) is 4.36 Å². The summed E-state index contributed by atoms with van der Waals surface area (Å²) in [6.07, 6.45) is 11.4. The lowest BCUT2D eigenvalue weighted by Crippen LogP contribution is -2.10. The minimum atomic E-state index is 0.312. The number of hydrogen-bond donors (Lipinski definition) is 0. The summed E-state index contributed by atoms with van der Waals surface area (Å²) in [6.45, 7) is 0. The van der Waals surface area contributed by atoms with E-state index in [1.807, 2.05) is 0 Å². The molecule has 1 aliphatic carbocycles. The molecule has 0 bridgehead atoms. The van der Waals surface area contributed by atoms with Gasteiger partial charge in [0.2, 0.25) is 0 Å². The minimum absolute atomic E-state index is 0.312. The average molecular weight is 159 g/mol. The van der Waals surface area contributed by atoms with Crippen LogP contribution in [-0.2, 0) is 10.7 Å². The first kappa shape index (κ1) is 8.25. The van der Waals surface area contributed by atoms with Crippen LogP contribution in [0.15, 0.2) is 4.36 Å². The van der Waals surface area contributed by atoms with Crippen molar-refractivity contribution in [3.63, 3.8) is 0 Å². The fourth-order valence-corrected chi connectivity index (χ4v) is 2.29. The zero-order valence-electron chi connectivity index (χ0n) is 6.97. The third-order valence-corrected chi connectivity index (χ3v) is 2.65. The molecule has 0 heterocycles. The molecule has 1 aliphatic rings. The van der Waals surface area contributed by atoms with E-state index in [2.05, 4.69) is 16.9 Å². The topological polar surface area (TPSA) is 12.4 Å². The fourth-order valence-electron chi connectivity index (χ4n) is 1.48. The number of nitrogens with zero attached hydrogens (tertiary/aromatic N) is 1. The Morgan fingerprint density at radius 1 is 1.10 bits per heavy atom. The first-order valence-electron chi connectivity index (χ1n) is 4.07. The van der Waals surface area contributed by atoms with E-state index in [0.29, 0.717) is 16.7 Å². The zero-order chi connectivity index (χ0) is 7.40. The van der Waals surface area contributed by atoms with E-state index in [4.69, 9.17) is 0 Å². The predicted molar refractivity (Wildman–Crippen MR) is 48.5 cm³/mol. The molecule has 0 unspecified atom stereocenters. The van der Waals surface area contributed by atoms with Crippen molar-refractivity contribution in [3.8, 4) is 0 Å². The maximum absolute atomic E-state index is 4.66. The van der Waals surface area contributed by atoms with E-state index in [0.717, 1.165) is 0 Å². The van der Waals surface area contributed by atoms with Gasteiger partial charge in [-0.15, -0.1) is 10.7 Å². The Morgan fingerprint density at radius 2 is 1.70 bits per heavy atom. The Morgan fingerprint density at radius 3 is 2.20 bits per heavy atom. The van der Waals surface area contributed by atoms with Gasteiger partial charge < -0.3 is 0 Å². The highest BCUT2D eigenvalue weighted by atomic mass is 32.2. The minimum Gasteiger partial charge on any atom is -0.262 e. The molecule has 60 valence electrons. The lowest BCUT2D eigenvalue weighted by Gasteiger charge is -2.17. The Kier molecular flexibility index (Phi) is 3.40. The Bertz CT molecular complexity index is 121. The summed E-state index contributed by atoms with van der Waals surface area (Å²) in [6, 6.07) is 0.715. The van der Waals surface area contributed by atoms with Crippen molar-refractivity contribution in [2.24, 2.45) is 4.36 Å². The van der Waals surface area contributed by atoms with Crippen molar-refractivity contribution in [1.82, 2.24) is 0 Å². The standard InChI is InChI=1S/C8H17NS/c1-10(2)9-8-6-4-3-5-7-8/h8H,3-7H2,1-2H3. The SMILES string of the molecule is CS(C)=NC1CCCCC1. The molecule has 0 saturated heterocycles. The third-order valence-electron chi connectivity index (χ3n) is 1.93. The van der Waals surface area contributed by atoms with Gasteiger partial charge in [0.1, 0.15) is 0 Å². The van der Waals surface area contributed by atoms with Crippen LogP contribution in [-0.4, -0.2) is 18.6 Å². The molecule has 1 nitrogen and oxygen atoms in total. The molecule has 0 N–H and O–H groups in total. The molecule has 2 heteroatoms. The van der Waals surface area contributed by atoms with Gasteiger partial charge in [-0.25, -0.2) is 0 Å². The van der Waals surface area contributed by atoms with E-state index in [9.17, 15) is 0 Å². The molecule has 0 spiro atoms. The van der Waals surface area contributed by atoms with Crippen LogP contribution in [0.2, 0.25) is 0 Å². The lowest BCUT2D eigenvalue weighted by atomic mass is 9.97. The lowest BCUT2D eigenvalue weighted by molar-refractivity contribution is 0.446. The number of hydrogen-bond acceptors (Lipinski definition) is 1. The summed E-state index contributed by atoms with van der Waals surface area (Å²) in [5, 5.41) is 0. The van der Waals surface area contributed by atoms with Crippen molar-refractivity contribution in [1.29, 1.82) is 0 Å². The van der Waals surface area contributed by atoms with E-state index >= 15 is 0 Å². The van der Waals surface area contributed by atoms with Crippen LogP contribution in [0, 0.1) is 0 Å². The molecular formula is C8H17NS. The van der Waals surface area contributed by atoms with Crippen LogP contribution in [0.4, 0.5) is 0 Å². The average Bonchev–Trinajstić information content (AvgIpc) is 1.88. The van der Waals surface area contributed by atoms with Crippen LogP contribution >= 0.6 is 0 Å². The van der Waals surface area contributed by atoms with Crippen LogP contribution < -0.4 is 0 Å². The molecule has 10 heavy (non-hydrogen) atoms. The quantitative estimate of drug-likeness (QED) is 0.557. The molecule has 0 aromatic carbocycles. The van der Waals surface area contributed by atoms with Crippen LogP contribution in [0.3, 0.4) is 0 Å². The van der Waals surface area contributed by atoms with Gasteiger partial charge >= 0.3 is 0 Å². The van der Waals surface area contributed by atoms with E-state index in [1.54, 1.807) is 0 Å². The van der Waals surface area contributed by atoms with Gasteiger partial charge in [-0.1, -0.05) is 19.3 Å². The van der Waals surface area contributed by atoms with Gasteiger partial charge in [0.25, 0.3) is 0 Å². The highest BCUT2D eigenvalue weighted by molar-refractivity contribution is 7.85. The molecule has 0 amide bonds. The molecule has 1 fully saturated rings. The summed E-state index contributed by atoms with van der Waals surface area (Å²) < 4.78 is 4.66. The largest absolute Gasteiger partial charge is 0.262 e. The van der Waals surface area contributed by atoms with Crippen LogP contribution in [0.25, 0.3) is 0 Å². The Balaban J connectivity index is 2.33. The van der Waals surface area contributed by atoms with Crippen LogP contribution in [0.5, 0.6) is 0 Å². The smallest absolute Gasteiger partial charge is 0.0568 e. The summed E-state index contributed by atoms with van der Waals surface area (Å²) in [4.78, 5) is 0. The second-order valence-corrected chi connectivity index (χ2v) is 4.93. The molecule has 0 aromatic heterocycles. The maximum Gasteiger partial charge on any atom is 0.0568 e. The molecular weight excluding hydrogens is 142 g/mol. The monoisotopic (exact) mass is 159 g/mol. The maximum atomic E-state index is 4.66. The van der Waals surface area contributed by atoms with Gasteiger partial charge in [-0.2, -0.15) is 0 Å². The first-order valence-corrected chi connectivity index (χ1v) is 6.07. The summed E-state index contributed by atoms with van der Waals surface area (Å²) in [7, 11) is 0.312. The molecule has 0 atom stereocenters. The molecule has 0 aliphatic heterocycles. The molecule has 0 aromatic rings. The normalized spacial score (nSPS) is 21.5. The zero-order valence-corrected chi connectivity index (χ0v) is 7.78. The van der Waals surface area contributed by atoms with Gasteiger partial charge in [0.15, 0.2) is 0 Å². The van der Waals surface area contributed by atoms with Crippen molar-refractivity contribution in [2.45, 2.75) is 38.1 Å². The van der Waals surface area contributed by atoms with Crippen molar-refractivity contribution in [3.05, 3.63) is 0 Å². The van der Waals surface area contributed by atoms with E-state index in [1.165, 1.54) is 32.1 Å². The molecule has 1 saturated carbocycles. The second-order valence-electron chi connectivity index (χ2n) is 3.17. The summed E-state index contributed by atoms with van der Waals surface area (Å²) in [5.74, 6) is 0. The van der Waals surface area contributed by atoms with E-state index in [-0.39, 0.29) is 0 Å². The number of rotatable bonds is 1.